The van der Waals surface area contributed by atoms with Gasteiger partial charge >= 0.3 is 27.2 Å². The van der Waals surface area contributed by atoms with Crippen LogP contribution in [0.4, 0.5) is 0 Å². The van der Waals surface area contributed by atoms with E-state index in [1.165, 1.54) is 16.7 Å². The normalized spacial score (nSPS) is 14.0. The Kier molecular flexibility index (Phi) is 17.3. The Balaban J connectivity index is 0.000000199. The van der Waals surface area contributed by atoms with Gasteiger partial charge in [0.15, 0.2) is 0 Å². The van der Waals surface area contributed by atoms with Crippen LogP contribution in [0.25, 0.3) is 33.8 Å². The van der Waals surface area contributed by atoms with Gasteiger partial charge in [-0.25, -0.2) is 0 Å². The fourth-order valence-electron chi connectivity index (χ4n) is 6.52. The Morgan fingerprint density at radius 2 is 0.879 bits per heavy atom. The van der Waals surface area contributed by atoms with Crippen LogP contribution < -0.4 is 5.46 Å². The van der Waals surface area contributed by atoms with Crippen LogP contribution in [0.3, 0.4) is 0 Å². The topological polar surface area (TPSA) is 57.1 Å². The van der Waals surface area contributed by atoms with E-state index >= 15 is 0 Å². The van der Waals surface area contributed by atoms with E-state index in [4.69, 9.17) is 9.31 Å². The van der Waals surface area contributed by atoms with Crippen LogP contribution in [0.2, 0.25) is 0 Å². The van der Waals surface area contributed by atoms with Crippen molar-refractivity contribution in [3.63, 3.8) is 0 Å². The molecule has 0 bridgehead atoms. The number of hydrogen-bond donors (Lipinski definition) is 0. The molecule has 1 aliphatic rings. The molecule has 7 heteroatoms. The first kappa shape index (κ1) is 46.4. The summed E-state index contributed by atoms with van der Waals surface area (Å²) in [5.74, 6) is 1.97. The van der Waals surface area contributed by atoms with E-state index in [0.29, 0.717) is 17.8 Å². The molecule has 0 aliphatic carbocycles. The fraction of sp³-hybridized carbons (Fsp3) is 0.353. The summed E-state index contributed by atoms with van der Waals surface area (Å²) in [6, 6.07) is 44.3. The first-order chi connectivity index (χ1) is 27.2. The third-order valence-electron chi connectivity index (χ3n) is 10.0. The van der Waals surface area contributed by atoms with Crippen molar-refractivity contribution < 1.29 is 29.4 Å². The maximum Gasteiger partial charge on any atom is 3.00 e. The Bertz CT molecular complexity index is 2030. The quantitative estimate of drug-likeness (QED) is 0.101. The SMILES string of the molecule is CC(C)Cc1ccnc(-c2[c-]ccc(B3OC(C)(C)C(C)(C)O3)c2)c1.CC(C)Cc1ccnc(-c2[c-]cccc2)c1.CC(C)Cc1ccnc(-c2[c-]cccc2)c1.[Ir+3]. The van der Waals surface area contributed by atoms with E-state index in [1.807, 2.05) is 79.3 Å². The minimum atomic E-state index is -0.364. The maximum absolute atomic E-state index is 6.16. The summed E-state index contributed by atoms with van der Waals surface area (Å²) in [5, 5.41) is 0. The third kappa shape index (κ3) is 13.7. The number of nitrogens with zero attached hydrogens (tertiary/aromatic N) is 3. The molecule has 4 heterocycles. The molecule has 7 rings (SSSR count). The zero-order chi connectivity index (χ0) is 41.0. The van der Waals surface area contributed by atoms with E-state index in [-0.39, 0.29) is 38.4 Å². The van der Waals surface area contributed by atoms with Crippen LogP contribution in [-0.2, 0) is 48.7 Å². The molecule has 0 radical (unpaired) electrons. The number of aromatic nitrogens is 3. The molecule has 0 atom stereocenters. The average Bonchev–Trinajstić information content (AvgIpc) is 3.41. The molecule has 3 aromatic carbocycles. The van der Waals surface area contributed by atoms with Crippen molar-refractivity contribution in [2.75, 3.05) is 0 Å². The van der Waals surface area contributed by atoms with E-state index in [9.17, 15) is 0 Å². The number of benzene rings is 3. The molecular weight excluding hydrogens is 890 g/mol. The van der Waals surface area contributed by atoms with Crippen molar-refractivity contribution in [1.82, 2.24) is 15.0 Å². The van der Waals surface area contributed by atoms with Gasteiger partial charge in [-0.1, -0.05) is 76.4 Å². The second-order valence-electron chi connectivity index (χ2n) is 17.1. The molecule has 1 saturated heterocycles. The second kappa shape index (κ2) is 21.7. The summed E-state index contributed by atoms with van der Waals surface area (Å²) >= 11 is 0. The van der Waals surface area contributed by atoms with Gasteiger partial charge in [0.2, 0.25) is 0 Å². The van der Waals surface area contributed by atoms with E-state index in [0.717, 1.165) is 58.5 Å². The van der Waals surface area contributed by atoms with E-state index < -0.39 is 0 Å². The largest absolute Gasteiger partial charge is 3.00 e. The smallest absolute Gasteiger partial charge is 0.400 e. The summed E-state index contributed by atoms with van der Waals surface area (Å²) in [7, 11) is -0.364. The van der Waals surface area contributed by atoms with Gasteiger partial charge in [-0.15, -0.1) is 107 Å². The van der Waals surface area contributed by atoms with Gasteiger partial charge in [0.1, 0.15) is 0 Å². The van der Waals surface area contributed by atoms with Gasteiger partial charge in [0.05, 0.1) is 11.2 Å². The Morgan fingerprint density at radius 3 is 1.24 bits per heavy atom. The summed E-state index contributed by atoms with van der Waals surface area (Å²) in [5.41, 5.74) is 10.4. The Labute approximate surface area is 363 Å². The summed E-state index contributed by atoms with van der Waals surface area (Å²) in [6.07, 6.45) is 8.89. The number of pyridine rings is 3. The first-order valence-corrected chi connectivity index (χ1v) is 20.4. The van der Waals surface area contributed by atoms with Gasteiger partial charge < -0.3 is 24.3 Å². The van der Waals surface area contributed by atoms with Crippen molar-refractivity contribution in [1.29, 1.82) is 0 Å². The summed E-state index contributed by atoms with van der Waals surface area (Å²) in [6.45, 7) is 21.7. The maximum atomic E-state index is 6.16. The number of hydrogen-bond acceptors (Lipinski definition) is 5. The zero-order valence-electron chi connectivity index (χ0n) is 36.0. The van der Waals surface area contributed by atoms with Crippen LogP contribution in [0.15, 0.2) is 122 Å². The predicted octanol–water partition coefficient (Wildman–Crippen LogP) is 11.5. The molecule has 1 aliphatic heterocycles. The van der Waals surface area contributed by atoms with E-state index in [1.54, 1.807) is 0 Å². The molecule has 3 aromatic heterocycles. The number of rotatable bonds is 10. The molecule has 1 fully saturated rings. The fourth-order valence-corrected chi connectivity index (χ4v) is 6.52. The molecule has 5 nitrogen and oxygen atoms in total. The average molecular weight is 949 g/mol. The molecule has 0 unspecified atom stereocenters. The molecule has 0 N–H and O–H groups in total. The summed E-state index contributed by atoms with van der Waals surface area (Å²) in [4.78, 5) is 13.3. The first-order valence-electron chi connectivity index (χ1n) is 20.4. The van der Waals surface area contributed by atoms with Gasteiger partial charge in [-0.05, 0) is 100.0 Å². The second-order valence-corrected chi connectivity index (χ2v) is 17.1. The monoisotopic (exact) mass is 949 g/mol. The minimum absolute atomic E-state index is 0. The van der Waals surface area contributed by atoms with Gasteiger partial charge in [0, 0.05) is 18.6 Å². The molecule has 6 aromatic rings. The van der Waals surface area contributed by atoms with Crippen LogP contribution in [-0.4, -0.2) is 33.3 Å². The minimum Gasteiger partial charge on any atom is -0.400 e. The molecule has 0 saturated carbocycles. The van der Waals surface area contributed by atoms with Crippen molar-refractivity contribution in [3.8, 4) is 33.8 Å². The zero-order valence-corrected chi connectivity index (χ0v) is 38.4. The van der Waals surface area contributed by atoms with Crippen molar-refractivity contribution in [2.45, 2.75) is 99.7 Å². The van der Waals surface area contributed by atoms with Gasteiger partial charge in [0.25, 0.3) is 0 Å². The van der Waals surface area contributed by atoms with Crippen molar-refractivity contribution >= 4 is 12.6 Å². The van der Waals surface area contributed by atoms with Crippen LogP contribution >= 0.6 is 0 Å². The van der Waals surface area contributed by atoms with Gasteiger partial charge in [-0.2, -0.15) is 0 Å². The van der Waals surface area contributed by atoms with Gasteiger partial charge in [-0.3, -0.25) is 0 Å². The van der Waals surface area contributed by atoms with E-state index in [2.05, 4.69) is 145 Å². The van der Waals surface area contributed by atoms with Crippen molar-refractivity contribution in [2.24, 2.45) is 17.8 Å². The molecule has 302 valence electrons. The standard InChI is InChI=1S/C21H27BNO2.2C15H16N.Ir/c1-15(2)12-16-10-11-23-19(13-16)17-8-7-9-18(14-17)22-24-20(3,4)21(5,6)25-22;2*1-12(2)10-13-8-9-16-15(11-13)14-6-4-3-5-7-14;/h7,9-11,13-15H,12H2,1-6H3;2*3-6,8-9,11-12H,10H2,1-2H3;/q3*-1;+3. The Morgan fingerprint density at radius 1 is 0.500 bits per heavy atom. The van der Waals surface area contributed by atoms with Crippen LogP contribution in [0.5, 0.6) is 0 Å². The van der Waals surface area contributed by atoms with Crippen LogP contribution in [0.1, 0.15) is 85.9 Å². The molecule has 0 amide bonds. The molecule has 0 spiro atoms. The predicted molar refractivity (Wildman–Crippen MR) is 237 cm³/mol. The summed E-state index contributed by atoms with van der Waals surface area (Å²) < 4.78 is 12.3. The van der Waals surface area contributed by atoms with Crippen molar-refractivity contribution in [3.05, 3.63) is 157 Å². The third-order valence-corrected chi connectivity index (χ3v) is 10.0. The molecule has 58 heavy (non-hydrogen) atoms. The molecular formula is C51H59BIrN3O2. The van der Waals surface area contributed by atoms with Crippen LogP contribution in [0, 0.1) is 36.0 Å². The Hall–Kier alpha value is -4.26.